The first-order valence-electron chi connectivity index (χ1n) is 5.75. The Kier molecular flexibility index (Phi) is 3.79. The molecule has 1 heterocycles. The summed E-state index contributed by atoms with van der Waals surface area (Å²) >= 11 is 0. The molecule has 0 aliphatic carbocycles. The number of hydrogen-bond donors (Lipinski definition) is 0. The molecule has 1 aliphatic heterocycles. The Bertz CT molecular complexity index is 442. The van der Waals surface area contributed by atoms with Crippen molar-refractivity contribution in [3.8, 4) is 6.07 Å². The lowest BCUT2D eigenvalue weighted by Gasteiger charge is -2.28. The second-order valence-corrected chi connectivity index (χ2v) is 4.15. The van der Waals surface area contributed by atoms with Crippen molar-refractivity contribution in [3.05, 3.63) is 41.5 Å². The van der Waals surface area contributed by atoms with Crippen molar-refractivity contribution in [2.45, 2.75) is 6.42 Å². The Morgan fingerprint density at radius 3 is 2.65 bits per heavy atom. The molecule has 1 aromatic rings. The van der Waals surface area contributed by atoms with Gasteiger partial charge in [0.25, 0.3) is 0 Å². The van der Waals surface area contributed by atoms with E-state index in [0.29, 0.717) is 5.56 Å². The maximum atomic E-state index is 8.75. The highest BCUT2D eigenvalue weighted by molar-refractivity contribution is 5.51. The largest absolute Gasteiger partial charge is 0.380 e. The first-order chi connectivity index (χ1) is 8.33. The van der Waals surface area contributed by atoms with E-state index < -0.39 is 0 Å². The summed E-state index contributed by atoms with van der Waals surface area (Å²) in [5.41, 5.74) is 3.26. The minimum atomic E-state index is 0.710. The van der Waals surface area contributed by atoms with Crippen molar-refractivity contribution in [1.29, 1.82) is 5.26 Å². The van der Waals surface area contributed by atoms with Crippen LogP contribution in [0, 0.1) is 11.3 Å². The van der Waals surface area contributed by atoms with Gasteiger partial charge in [0.1, 0.15) is 0 Å². The van der Waals surface area contributed by atoms with Gasteiger partial charge in [0.15, 0.2) is 0 Å². The van der Waals surface area contributed by atoms with Crippen molar-refractivity contribution in [3.63, 3.8) is 0 Å². The number of hydrogen-bond acceptors (Lipinski definition) is 3. The number of nitrogens with zero attached hydrogens (tertiary/aromatic N) is 2. The van der Waals surface area contributed by atoms with Crippen LogP contribution in [0.3, 0.4) is 0 Å². The van der Waals surface area contributed by atoms with Gasteiger partial charge in [-0.2, -0.15) is 5.26 Å². The number of rotatable bonds is 3. The molecule has 0 saturated carbocycles. The van der Waals surface area contributed by atoms with Gasteiger partial charge in [-0.3, -0.25) is 0 Å². The molecule has 0 radical (unpaired) electrons. The van der Waals surface area contributed by atoms with Crippen LogP contribution in [0.4, 0.5) is 5.69 Å². The molecule has 0 saturated heterocycles. The third-order valence-corrected chi connectivity index (χ3v) is 2.99. The van der Waals surface area contributed by atoms with Gasteiger partial charge < -0.3 is 9.64 Å². The first-order valence-corrected chi connectivity index (χ1v) is 5.75. The summed E-state index contributed by atoms with van der Waals surface area (Å²) in [7, 11) is 1.73. The van der Waals surface area contributed by atoms with Gasteiger partial charge in [-0.25, -0.2) is 0 Å². The first kappa shape index (κ1) is 11.7. The van der Waals surface area contributed by atoms with Crippen molar-refractivity contribution < 1.29 is 4.74 Å². The van der Waals surface area contributed by atoms with Crippen LogP contribution < -0.4 is 4.90 Å². The molecular formula is C14H16N2O. The van der Waals surface area contributed by atoms with Crippen LogP contribution in [-0.2, 0) is 4.74 Å². The van der Waals surface area contributed by atoms with Crippen LogP contribution in [0.2, 0.25) is 0 Å². The molecule has 0 fully saturated rings. The number of methoxy groups -OCH3 is 1. The Balaban J connectivity index is 2.03. The third kappa shape index (κ3) is 2.86. The monoisotopic (exact) mass is 228 g/mol. The smallest absolute Gasteiger partial charge is 0.0991 e. The van der Waals surface area contributed by atoms with Gasteiger partial charge >= 0.3 is 0 Å². The second-order valence-electron chi connectivity index (χ2n) is 4.15. The number of benzene rings is 1. The molecule has 1 aromatic carbocycles. The van der Waals surface area contributed by atoms with E-state index in [0.717, 1.165) is 26.1 Å². The number of ether oxygens (including phenoxy) is 1. The molecule has 17 heavy (non-hydrogen) atoms. The van der Waals surface area contributed by atoms with E-state index in [9.17, 15) is 0 Å². The Morgan fingerprint density at radius 1 is 1.35 bits per heavy atom. The Hall–Kier alpha value is -1.79. The fourth-order valence-electron chi connectivity index (χ4n) is 2.01. The highest BCUT2D eigenvalue weighted by Crippen LogP contribution is 2.20. The molecule has 0 unspecified atom stereocenters. The summed E-state index contributed by atoms with van der Waals surface area (Å²) in [6, 6.07) is 9.88. The SMILES string of the molecule is COCC1=CCN(c2ccc(C#N)cc2)CC1. The molecule has 2 rings (SSSR count). The third-order valence-electron chi connectivity index (χ3n) is 2.99. The number of anilines is 1. The number of nitriles is 1. The molecule has 0 bridgehead atoms. The average molecular weight is 228 g/mol. The van der Waals surface area contributed by atoms with Crippen LogP contribution in [0.1, 0.15) is 12.0 Å². The predicted octanol–water partition coefficient (Wildman–Crippen LogP) is 2.34. The van der Waals surface area contributed by atoms with Crippen molar-refractivity contribution >= 4 is 5.69 Å². The molecular weight excluding hydrogens is 212 g/mol. The highest BCUT2D eigenvalue weighted by Gasteiger charge is 2.11. The van der Waals surface area contributed by atoms with Crippen molar-refractivity contribution in [1.82, 2.24) is 0 Å². The van der Waals surface area contributed by atoms with Gasteiger partial charge in [0.05, 0.1) is 18.2 Å². The molecule has 0 atom stereocenters. The van der Waals surface area contributed by atoms with E-state index in [2.05, 4.69) is 17.0 Å². The molecule has 88 valence electrons. The molecule has 0 amide bonds. The highest BCUT2D eigenvalue weighted by atomic mass is 16.5. The van der Waals surface area contributed by atoms with Crippen molar-refractivity contribution in [2.75, 3.05) is 31.7 Å². The summed E-state index contributed by atoms with van der Waals surface area (Å²) in [4.78, 5) is 2.31. The molecule has 3 heteroatoms. The second kappa shape index (κ2) is 5.51. The predicted molar refractivity (Wildman–Crippen MR) is 67.9 cm³/mol. The maximum Gasteiger partial charge on any atom is 0.0991 e. The molecule has 3 nitrogen and oxygen atoms in total. The minimum absolute atomic E-state index is 0.710. The maximum absolute atomic E-state index is 8.75. The van der Waals surface area contributed by atoms with Crippen LogP contribution in [0.25, 0.3) is 0 Å². The van der Waals surface area contributed by atoms with Crippen LogP contribution >= 0.6 is 0 Å². The van der Waals surface area contributed by atoms with Crippen LogP contribution in [0.15, 0.2) is 35.9 Å². The van der Waals surface area contributed by atoms with Gasteiger partial charge in [-0.05, 0) is 36.3 Å². The average Bonchev–Trinajstić information content (AvgIpc) is 2.40. The minimum Gasteiger partial charge on any atom is -0.380 e. The fourth-order valence-corrected chi connectivity index (χ4v) is 2.01. The van der Waals surface area contributed by atoms with Gasteiger partial charge in [0, 0.05) is 25.9 Å². The van der Waals surface area contributed by atoms with E-state index >= 15 is 0 Å². The van der Waals surface area contributed by atoms with Crippen LogP contribution in [0.5, 0.6) is 0 Å². The summed E-state index contributed by atoms with van der Waals surface area (Å²) in [5, 5.41) is 8.75. The van der Waals surface area contributed by atoms with Gasteiger partial charge in [-0.15, -0.1) is 0 Å². The molecule has 0 N–H and O–H groups in total. The summed E-state index contributed by atoms with van der Waals surface area (Å²) in [6.45, 7) is 2.67. The zero-order chi connectivity index (χ0) is 12.1. The van der Waals surface area contributed by atoms with Gasteiger partial charge in [0.2, 0.25) is 0 Å². The molecule has 1 aliphatic rings. The van der Waals surface area contributed by atoms with Crippen LogP contribution in [-0.4, -0.2) is 26.8 Å². The lowest BCUT2D eigenvalue weighted by atomic mass is 10.1. The van der Waals surface area contributed by atoms with Crippen molar-refractivity contribution in [2.24, 2.45) is 0 Å². The quantitative estimate of drug-likeness (QED) is 0.745. The molecule has 0 aromatic heterocycles. The Morgan fingerprint density at radius 2 is 2.12 bits per heavy atom. The zero-order valence-electron chi connectivity index (χ0n) is 10.0. The molecule has 0 spiro atoms. The van der Waals surface area contributed by atoms with E-state index in [4.69, 9.17) is 10.00 Å². The summed E-state index contributed by atoms with van der Waals surface area (Å²) < 4.78 is 5.13. The summed E-state index contributed by atoms with van der Waals surface area (Å²) in [5.74, 6) is 0. The van der Waals surface area contributed by atoms with E-state index in [1.54, 1.807) is 7.11 Å². The van der Waals surface area contributed by atoms with E-state index in [1.165, 1.54) is 11.3 Å². The topological polar surface area (TPSA) is 36.3 Å². The lowest BCUT2D eigenvalue weighted by molar-refractivity contribution is 0.222. The fraction of sp³-hybridized carbons (Fsp3) is 0.357. The zero-order valence-corrected chi connectivity index (χ0v) is 10.0. The van der Waals surface area contributed by atoms with Gasteiger partial charge in [-0.1, -0.05) is 6.08 Å². The summed E-state index contributed by atoms with van der Waals surface area (Å²) in [6.07, 6.45) is 3.28. The standard InChI is InChI=1S/C14H16N2O/c1-17-11-13-6-8-16(9-7-13)14-4-2-12(10-15)3-5-14/h2-6H,7-9,11H2,1H3. The lowest BCUT2D eigenvalue weighted by Crippen LogP contribution is -2.29. The van der Waals surface area contributed by atoms with E-state index in [-0.39, 0.29) is 0 Å². The normalized spacial score (nSPS) is 15.3. The van der Waals surface area contributed by atoms with E-state index in [1.807, 2.05) is 24.3 Å². The Labute approximate surface area is 102 Å².